The molecule has 1 aromatic heterocycles. The van der Waals surface area contributed by atoms with Gasteiger partial charge in [0.05, 0.1) is 11.9 Å². The fourth-order valence-electron chi connectivity index (χ4n) is 2.05. The monoisotopic (exact) mass is 303 g/mol. The van der Waals surface area contributed by atoms with E-state index in [1.165, 1.54) is 18.3 Å². The SMILES string of the molecule is O=C(O)c1ccc(N2CCN(C(=O)C(F)(F)F)CC2)cn1. The lowest BCUT2D eigenvalue weighted by Gasteiger charge is -2.36. The van der Waals surface area contributed by atoms with Crippen molar-refractivity contribution in [2.45, 2.75) is 6.18 Å². The number of rotatable bonds is 2. The number of carboxylic acids is 1. The zero-order chi connectivity index (χ0) is 15.6. The number of carbonyl (C=O) groups is 2. The molecule has 21 heavy (non-hydrogen) atoms. The van der Waals surface area contributed by atoms with Crippen molar-refractivity contribution in [3.8, 4) is 0 Å². The van der Waals surface area contributed by atoms with Gasteiger partial charge in [-0.2, -0.15) is 13.2 Å². The fourth-order valence-corrected chi connectivity index (χ4v) is 2.05. The van der Waals surface area contributed by atoms with E-state index in [2.05, 4.69) is 4.98 Å². The Morgan fingerprint density at radius 2 is 1.76 bits per heavy atom. The molecule has 1 fully saturated rings. The third-order valence-electron chi connectivity index (χ3n) is 3.14. The summed E-state index contributed by atoms with van der Waals surface area (Å²) in [5.74, 6) is -2.98. The summed E-state index contributed by atoms with van der Waals surface area (Å²) in [5, 5.41) is 8.73. The summed E-state index contributed by atoms with van der Waals surface area (Å²) < 4.78 is 36.9. The molecular weight excluding hydrogens is 291 g/mol. The standard InChI is InChI=1S/C12H12F3N3O3/c13-12(14,15)11(21)18-5-3-17(4-6-18)8-1-2-9(10(19)20)16-7-8/h1-2,7H,3-6H2,(H,19,20). The van der Waals surface area contributed by atoms with E-state index in [4.69, 9.17) is 5.11 Å². The number of hydrogen-bond donors (Lipinski definition) is 1. The first-order valence-corrected chi connectivity index (χ1v) is 6.09. The molecule has 1 N–H and O–H groups in total. The van der Waals surface area contributed by atoms with Crippen LogP contribution < -0.4 is 4.90 Å². The molecule has 0 saturated carbocycles. The number of carboxylic acid groups (broad SMARTS) is 1. The van der Waals surface area contributed by atoms with Crippen LogP contribution in [0, 0.1) is 0 Å². The second kappa shape index (κ2) is 5.58. The predicted octanol–water partition coefficient (Wildman–Crippen LogP) is 0.991. The number of amides is 1. The molecule has 0 radical (unpaired) electrons. The van der Waals surface area contributed by atoms with E-state index in [-0.39, 0.29) is 31.9 Å². The largest absolute Gasteiger partial charge is 0.477 e. The zero-order valence-electron chi connectivity index (χ0n) is 10.8. The van der Waals surface area contributed by atoms with Gasteiger partial charge in [0.1, 0.15) is 5.69 Å². The number of aromatic nitrogens is 1. The second-order valence-corrected chi connectivity index (χ2v) is 4.48. The number of aromatic carboxylic acids is 1. The number of carbonyl (C=O) groups excluding carboxylic acids is 1. The molecule has 0 aromatic carbocycles. The molecule has 1 aliphatic heterocycles. The Balaban J connectivity index is 1.98. The Kier molecular flexibility index (Phi) is 4.01. The van der Waals surface area contributed by atoms with Gasteiger partial charge < -0.3 is 14.9 Å². The van der Waals surface area contributed by atoms with Gasteiger partial charge in [0.2, 0.25) is 0 Å². The van der Waals surface area contributed by atoms with Crippen molar-refractivity contribution in [2.75, 3.05) is 31.1 Å². The minimum atomic E-state index is -4.85. The lowest BCUT2D eigenvalue weighted by Crippen LogP contribution is -2.52. The lowest BCUT2D eigenvalue weighted by atomic mass is 10.2. The van der Waals surface area contributed by atoms with Gasteiger partial charge in [-0.3, -0.25) is 4.79 Å². The van der Waals surface area contributed by atoms with Gasteiger partial charge in [-0.1, -0.05) is 0 Å². The van der Waals surface area contributed by atoms with Crippen molar-refractivity contribution < 1.29 is 27.9 Å². The maximum Gasteiger partial charge on any atom is 0.471 e. The van der Waals surface area contributed by atoms with Gasteiger partial charge in [-0.05, 0) is 12.1 Å². The summed E-state index contributed by atoms with van der Waals surface area (Å²) in [6.45, 7) is 0.379. The summed E-state index contributed by atoms with van der Waals surface area (Å²) >= 11 is 0. The second-order valence-electron chi connectivity index (χ2n) is 4.48. The Morgan fingerprint density at radius 1 is 1.14 bits per heavy atom. The minimum absolute atomic E-state index is 0.0426. The molecule has 0 atom stereocenters. The van der Waals surface area contributed by atoms with E-state index in [9.17, 15) is 22.8 Å². The number of hydrogen-bond acceptors (Lipinski definition) is 4. The van der Waals surface area contributed by atoms with Crippen molar-refractivity contribution in [3.05, 3.63) is 24.0 Å². The van der Waals surface area contributed by atoms with E-state index in [1.807, 2.05) is 0 Å². The number of anilines is 1. The molecule has 2 heterocycles. The number of nitrogens with zero attached hydrogens (tertiary/aromatic N) is 3. The Bertz CT molecular complexity index is 537. The summed E-state index contributed by atoms with van der Waals surface area (Å²) in [4.78, 5) is 28.0. The van der Waals surface area contributed by atoms with Crippen LogP contribution in [-0.4, -0.2) is 59.2 Å². The highest BCUT2D eigenvalue weighted by Crippen LogP contribution is 2.21. The maximum atomic E-state index is 12.3. The molecule has 114 valence electrons. The molecule has 0 unspecified atom stereocenters. The molecule has 0 spiro atoms. The molecule has 9 heteroatoms. The summed E-state index contributed by atoms with van der Waals surface area (Å²) in [6, 6.07) is 2.86. The molecule has 1 saturated heterocycles. The highest BCUT2D eigenvalue weighted by Gasteiger charge is 2.43. The Hall–Kier alpha value is -2.32. The van der Waals surface area contributed by atoms with Crippen LogP contribution >= 0.6 is 0 Å². The average Bonchev–Trinajstić information content (AvgIpc) is 2.46. The van der Waals surface area contributed by atoms with Crippen LogP contribution in [0.15, 0.2) is 18.3 Å². The highest BCUT2D eigenvalue weighted by molar-refractivity contribution is 5.85. The molecule has 0 bridgehead atoms. The minimum Gasteiger partial charge on any atom is -0.477 e. The zero-order valence-corrected chi connectivity index (χ0v) is 10.8. The summed E-state index contributed by atoms with van der Waals surface area (Å²) in [7, 11) is 0. The number of pyridine rings is 1. The number of piperazine rings is 1. The molecule has 6 nitrogen and oxygen atoms in total. The Morgan fingerprint density at radius 3 is 2.19 bits per heavy atom. The average molecular weight is 303 g/mol. The molecule has 1 aliphatic rings. The van der Waals surface area contributed by atoms with Crippen LogP contribution in [0.1, 0.15) is 10.5 Å². The van der Waals surface area contributed by atoms with Crippen LogP contribution in [-0.2, 0) is 4.79 Å². The van der Waals surface area contributed by atoms with Crippen molar-refractivity contribution >= 4 is 17.6 Å². The molecule has 1 aromatic rings. The first-order valence-electron chi connectivity index (χ1n) is 6.09. The summed E-state index contributed by atoms with van der Waals surface area (Å²) in [5.41, 5.74) is 0.503. The number of halogens is 3. The van der Waals surface area contributed by atoms with E-state index in [1.54, 1.807) is 4.90 Å². The number of alkyl halides is 3. The van der Waals surface area contributed by atoms with Crippen LogP contribution in [0.4, 0.5) is 18.9 Å². The Labute approximate surface area is 117 Å². The normalized spacial score (nSPS) is 16.0. The molecular formula is C12H12F3N3O3. The van der Waals surface area contributed by atoms with E-state index in [0.717, 1.165) is 4.90 Å². The smallest absolute Gasteiger partial charge is 0.471 e. The first kappa shape index (κ1) is 15.1. The van der Waals surface area contributed by atoms with Gasteiger partial charge in [0.15, 0.2) is 0 Å². The topological polar surface area (TPSA) is 73.7 Å². The van der Waals surface area contributed by atoms with Gasteiger partial charge in [0, 0.05) is 26.2 Å². The lowest BCUT2D eigenvalue weighted by molar-refractivity contribution is -0.185. The van der Waals surface area contributed by atoms with Crippen LogP contribution in [0.25, 0.3) is 0 Å². The van der Waals surface area contributed by atoms with Crippen molar-refractivity contribution in [2.24, 2.45) is 0 Å². The van der Waals surface area contributed by atoms with Gasteiger partial charge in [0.25, 0.3) is 0 Å². The van der Waals surface area contributed by atoms with Gasteiger partial charge in [-0.25, -0.2) is 9.78 Å². The predicted molar refractivity (Wildman–Crippen MR) is 66.0 cm³/mol. The van der Waals surface area contributed by atoms with Crippen molar-refractivity contribution in [1.82, 2.24) is 9.88 Å². The third kappa shape index (κ3) is 3.41. The maximum absolute atomic E-state index is 12.3. The molecule has 1 amide bonds. The first-order chi connectivity index (χ1) is 9.79. The molecule has 2 rings (SSSR count). The van der Waals surface area contributed by atoms with Crippen LogP contribution in [0.5, 0.6) is 0 Å². The van der Waals surface area contributed by atoms with E-state index in [0.29, 0.717) is 5.69 Å². The van der Waals surface area contributed by atoms with Gasteiger partial charge >= 0.3 is 18.1 Å². The van der Waals surface area contributed by atoms with Crippen molar-refractivity contribution in [1.29, 1.82) is 0 Å². The van der Waals surface area contributed by atoms with E-state index < -0.39 is 18.1 Å². The highest BCUT2D eigenvalue weighted by atomic mass is 19.4. The van der Waals surface area contributed by atoms with E-state index >= 15 is 0 Å². The van der Waals surface area contributed by atoms with Crippen LogP contribution in [0.3, 0.4) is 0 Å². The van der Waals surface area contributed by atoms with Gasteiger partial charge in [-0.15, -0.1) is 0 Å². The third-order valence-corrected chi connectivity index (χ3v) is 3.14. The quantitative estimate of drug-likeness (QED) is 0.882. The van der Waals surface area contributed by atoms with Crippen molar-refractivity contribution in [3.63, 3.8) is 0 Å². The molecule has 0 aliphatic carbocycles. The fraction of sp³-hybridized carbons (Fsp3) is 0.417. The van der Waals surface area contributed by atoms with Crippen LogP contribution in [0.2, 0.25) is 0 Å². The summed E-state index contributed by atoms with van der Waals surface area (Å²) in [6.07, 6.45) is -3.50.